The zero-order chi connectivity index (χ0) is 21.1. The SMILES string of the molecule is Cc1csc(N(C(=O)c2ccc(S(=O)(=O)N3CCOCC3)cc2)c2ccccc2)n1. The minimum Gasteiger partial charge on any atom is -0.379 e. The van der Waals surface area contributed by atoms with Crippen molar-refractivity contribution in [2.24, 2.45) is 0 Å². The molecule has 0 radical (unpaired) electrons. The van der Waals surface area contributed by atoms with Gasteiger partial charge >= 0.3 is 0 Å². The maximum atomic E-state index is 13.3. The molecule has 2 aromatic carbocycles. The van der Waals surface area contributed by atoms with E-state index < -0.39 is 10.0 Å². The van der Waals surface area contributed by atoms with Gasteiger partial charge in [0.15, 0.2) is 5.13 Å². The van der Waals surface area contributed by atoms with E-state index in [4.69, 9.17) is 4.74 Å². The number of para-hydroxylation sites is 1. The van der Waals surface area contributed by atoms with Gasteiger partial charge in [-0.15, -0.1) is 11.3 Å². The zero-order valence-corrected chi connectivity index (χ0v) is 18.0. The fourth-order valence-electron chi connectivity index (χ4n) is 3.17. The number of hydrogen-bond donors (Lipinski definition) is 0. The number of carbonyl (C=O) groups is 1. The summed E-state index contributed by atoms with van der Waals surface area (Å²) < 4.78 is 32.3. The maximum absolute atomic E-state index is 13.3. The second kappa shape index (κ2) is 8.65. The molecule has 7 nitrogen and oxygen atoms in total. The monoisotopic (exact) mass is 443 g/mol. The lowest BCUT2D eigenvalue weighted by atomic mass is 10.2. The van der Waals surface area contributed by atoms with E-state index in [-0.39, 0.29) is 10.8 Å². The second-order valence-electron chi connectivity index (χ2n) is 6.79. The van der Waals surface area contributed by atoms with Crippen molar-refractivity contribution in [2.45, 2.75) is 11.8 Å². The van der Waals surface area contributed by atoms with Crippen molar-refractivity contribution in [1.29, 1.82) is 0 Å². The lowest BCUT2D eigenvalue weighted by molar-refractivity contribution is 0.0730. The van der Waals surface area contributed by atoms with Gasteiger partial charge in [-0.05, 0) is 43.3 Å². The summed E-state index contributed by atoms with van der Waals surface area (Å²) >= 11 is 1.38. The summed E-state index contributed by atoms with van der Waals surface area (Å²) in [6, 6.07) is 15.3. The quantitative estimate of drug-likeness (QED) is 0.603. The molecule has 1 amide bonds. The summed E-state index contributed by atoms with van der Waals surface area (Å²) in [7, 11) is -3.61. The molecule has 0 saturated carbocycles. The second-order valence-corrected chi connectivity index (χ2v) is 9.56. The van der Waals surface area contributed by atoms with Crippen molar-refractivity contribution < 1.29 is 17.9 Å². The van der Waals surface area contributed by atoms with Crippen LogP contribution in [0.1, 0.15) is 16.1 Å². The summed E-state index contributed by atoms with van der Waals surface area (Å²) in [5.41, 5.74) is 1.91. The first kappa shape index (κ1) is 20.7. The largest absolute Gasteiger partial charge is 0.379 e. The molecule has 0 bridgehead atoms. The van der Waals surface area contributed by atoms with Crippen molar-refractivity contribution in [1.82, 2.24) is 9.29 Å². The average molecular weight is 444 g/mol. The number of benzene rings is 2. The van der Waals surface area contributed by atoms with Gasteiger partial charge in [-0.1, -0.05) is 18.2 Å². The zero-order valence-electron chi connectivity index (χ0n) is 16.4. The summed E-state index contributed by atoms with van der Waals surface area (Å²) in [6.07, 6.45) is 0. The number of amides is 1. The third-order valence-corrected chi connectivity index (χ3v) is 7.58. The molecule has 0 aliphatic carbocycles. The first-order chi connectivity index (χ1) is 14.5. The van der Waals surface area contributed by atoms with E-state index >= 15 is 0 Å². The number of nitrogens with zero attached hydrogens (tertiary/aromatic N) is 3. The first-order valence-corrected chi connectivity index (χ1v) is 11.8. The van der Waals surface area contributed by atoms with Gasteiger partial charge in [0.1, 0.15) is 0 Å². The number of anilines is 2. The lowest BCUT2D eigenvalue weighted by Crippen LogP contribution is -2.40. The van der Waals surface area contributed by atoms with Crippen LogP contribution in [0.4, 0.5) is 10.8 Å². The highest BCUT2D eigenvalue weighted by atomic mass is 32.2. The number of aryl methyl sites for hydroxylation is 1. The minimum atomic E-state index is -3.61. The molecule has 1 aliphatic rings. The van der Waals surface area contributed by atoms with Crippen LogP contribution in [0.3, 0.4) is 0 Å². The third-order valence-electron chi connectivity index (χ3n) is 4.72. The molecule has 1 aliphatic heterocycles. The molecule has 9 heteroatoms. The van der Waals surface area contributed by atoms with E-state index in [0.717, 1.165) is 5.69 Å². The van der Waals surface area contributed by atoms with Crippen LogP contribution in [0.2, 0.25) is 0 Å². The average Bonchev–Trinajstić information content (AvgIpc) is 3.21. The van der Waals surface area contributed by atoms with E-state index in [9.17, 15) is 13.2 Å². The smallest absolute Gasteiger partial charge is 0.264 e. The normalized spacial score (nSPS) is 15.1. The summed E-state index contributed by atoms with van der Waals surface area (Å²) in [5.74, 6) is -0.272. The molecule has 1 aromatic heterocycles. The van der Waals surface area contributed by atoms with E-state index in [0.29, 0.717) is 42.7 Å². The molecule has 4 rings (SSSR count). The number of sulfonamides is 1. The van der Waals surface area contributed by atoms with E-state index in [1.165, 1.54) is 27.8 Å². The summed E-state index contributed by atoms with van der Waals surface area (Å²) in [4.78, 5) is 19.5. The Morgan fingerprint density at radius 3 is 2.33 bits per heavy atom. The van der Waals surface area contributed by atoms with Crippen LogP contribution in [-0.4, -0.2) is 49.9 Å². The van der Waals surface area contributed by atoms with Gasteiger partial charge < -0.3 is 4.74 Å². The highest BCUT2D eigenvalue weighted by Crippen LogP contribution is 2.30. The van der Waals surface area contributed by atoms with Gasteiger partial charge in [-0.3, -0.25) is 9.69 Å². The van der Waals surface area contributed by atoms with Gasteiger partial charge in [0.05, 0.1) is 29.5 Å². The molecule has 30 heavy (non-hydrogen) atoms. The van der Waals surface area contributed by atoms with Gasteiger partial charge in [0, 0.05) is 24.0 Å². The predicted molar refractivity (Wildman–Crippen MR) is 116 cm³/mol. The maximum Gasteiger partial charge on any atom is 0.264 e. The highest BCUT2D eigenvalue weighted by molar-refractivity contribution is 7.89. The van der Waals surface area contributed by atoms with Crippen LogP contribution in [-0.2, 0) is 14.8 Å². The van der Waals surface area contributed by atoms with Gasteiger partial charge in [0.2, 0.25) is 10.0 Å². The fraction of sp³-hybridized carbons (Fsp3) is 0.238. The van der Waals surface area contributed by atoms with E-state index in [1.807, 2.05) is 42.6 Å². The van der Waals surface area contributed by atoms with E-state index in [1.54, 1.807) is 17.0 Å². The molecular weight excluding hydrogens is 422 g/mol. The van der Waals surface area contributed by atoms with Crippen molar-refractivity contribution in [2.75, 3.05) is 31.2 Å². The van der Waals surface area contributed by atoms with Crippen LogP contribution in [0.25, 0.3) is 0 Å². The number of thiazole rings is 1. The van der Waals surface area contributed by atoms with Crippen LogP contribution in [0.15, 0.2) is 64.9 Å². The van der Waals surface area contributed by atoms with Crippen molar-refractivity contribution >= 4 is 38.1 Å². The van der Waals surface area contributed by atoms with Crippen molar-refractivity contribution in [3.05, 3.63) is 71.2 Å². The Balaban J connectivity index is 1.64. The Kier molecular flexibility index (Phi) is 5.96. The standard InChI is InChI=1S/C21H21N3O4S2/c1-16-15-29-21(22-16)24(18-5-3-2-4-6-18)20(25)17-7-9-19(10-8-17)30(26,27)23-11-13-28-14-12-23/h2-10,15H,11-14H2,1H3. The minimum absolute atomic E-state index is 0.164. The Bertz CT molecular complexity index is 1120. The number of aromatic nitrogens is 1. The highest BCUT2D eigenvalue weighted by Gasteiger charge is 2.27. The van der Waals surface area contributed by atoms with Crippen LogP contribution in [0, 0.1) is 6.92 Å². The third kappa shape index (κ3) is 4.15. The fourth-order valence-corrected chi connectivity index (χ4v) is 5.40. The molecule has 2 heterocycles. The topological polar surface area (TPSA) is 79.8 Å². The van der Waals surface area contributed by atoms with Crippen LogP contribution in [0.5, 0.6) is 0 Å². The summed E-state index contributed by atoms with van der Waals surface area (Å²) in [5, 5.41) is 2.45. The van der Waals surface area contributed by atoms with Gasteiger partial charge in [-0.25, -0.2) is 13.4 Å². The predicted octanol–water partition coefficient (Wildman–Crippen LogP) is 3.45. The Morgan fingerprint density at radius 2 is 1.73 bits per heavy atom. The number of carbonyl (C=O) groups excluding carboxylic acids is 1. The summed E-state index contributed by atoms with van der Waals surface area (Å²) in [6.45, 7) is 3.30. The molecule has 1 fully saturated rings. The van der Waals surface area contributed by atoms with E-state index in [2.05, 4.69) is 4.98 Å². The van der Waals surface area contributed by atoms with Gasteiger partial charge in [0.25, 0.3) is 5.91 Å². The molecule has 156 valence electrons. The first-order valence-electron chi connectivity index (χ1n) is 9.46. The van der Waals surface area contributed by atoms with Crippen molar-refractivity contribution in [3.63, 3.8) is 0 Å². The Hall–Kier alpha value is -2.59. The molecule has 1 saturated heterocycles. The molecule has 0 N–H and O–H groups in total. The number of ether oxygens (including phenoxy) is 1. The lowest BCUT2D eigenvalue weighted by Gasteiger charge is -2.26. The molecule has 0 atom stereocenters. The molecular formula is C21H21N3O4S2. The molecule has 3 aromatic rings. The van der Waals surface area contributed by atoms with Crippen molar-refractivity contribution in [3.8, 4) is 0 Å². The Labute approximate surface area is 179 Å². The number of morpholine rings is 1. The Morgan fingerprint density at radius 1 is 1.07 bits per heavy atom. The number of hydrogen-bond acceptors (Lipinski definition) is 6. The molecule has 0 spiro atoms. The molecule has 0 unspecified atom stereocenters. The van der Waals surface area contributed by atoms with Crippen LogP contribution >= 0.6 is 11.3 Å². The van der Waals surface area contributed by atoms with Gasteiger partial charge in [-0.2, -0.15) is 4.31 Å². The van der Waals surface area contributed by atoms with Crippen LogP contribution < -0.4 is 4.90 Å². The number of rotatable bonds is 5.